The second-order valence-electron chi connectivity index (χ2n) is 3.85. The SMILES string of the molecule is N#Cc1ccn(CC(CC(F)(F)F)C(C#N)C#N)n1. The van der Waals surface area contributed by atoms with Crippen LogP contribution in [0.15, 0.2) is 12.3 Å². The van der Waals surface area contributed by atoms with Crippen molar-refractivity contribution in [3.8, 4) is 18.2 Å². The number of hydrogen-bond acceptors (Lipinski definition) is 4. The smallest absolute Gasteiger partial charge is 0.271 e. The van der Waals surface area contributed by atoms with Crippen molar-refractivity contribution in [1.82, 2.24) is 9.78 Å². The molecule has 0 bridgehead atoms. The van der Waals surface area contributed by atoms with Crippen LogP contribution in [0.4, 0.5) is 13.2 Å². The van der Waals surface area contributed by atoms with E-state index in [-0.39, 0.29) is 12.2 Å². The first-order valence-corrected chi connectivity index (χ1v) is 5.19. The van der Waals surface area contributed by atoms with Crippen molar-refractivity contribution in [3.63, 3.8) is 0 Å². The Morgan fingerprint density at radius 2 is 1.89 bits per heavy atom. The molecule has 0 radical (unpaired) electrons. The van der Waals surface area contributed by atoms with Gasteiger partial charge in [-0.25, -0.2) is 0 Å². The molecule has 8 heteroatoms. The summed E-state index contributed by atoms with van der Waals surface area (Å²) >= 11 is 0. The van der Waals surface area contributed by atoms with Gasteiger partial charge in [-0.3, -0.25) is 4.68 Å². The molecule has 98 valence electrons. The number of halogens is 3. The van der Waals surface area contributed by atoms with Gasteiger partial charge in [-0.15, -0.1) is 0 Å². The van der Waals surface area contributed by atoms with Crippen molar-refractivity contribution in [2.75, 3.05) is 0 Å². The molecule has 1 atom stereocenters. The molecule has 0 N–H and O–H groups in total. The average molecular weight is 267 g/mol. The molecule has 1 rings (SSSR count). The number of nitriles is 3. The van der Waals surface area contributed by atoms with Crippen LogP contribution in [0.2, 0.25) is 0 Å². The molecule has 1 aromatic rings. The molecular formula is C11H8F3N5. The molecule has 0 aromatic carbocycles. The predicted octanol–water partition coefficient (Wildman–Crippen LogP) is 1.99. The van der Waals surface area contributed by atoms with E-state index in [1.165, 1.54) is 12.3 Å². The Hall–Kier alpha value is -2.53. The van der Waals surface area contributed by atoms with Gasteiger partial charge in [-0.2, -0.15) is 34.1 Å². The van der Waals surface area contributed by atoms with E-state index in [9.17, 15) is 13.2 Å². The highest BCUT2D eigenvalue weighted by molar-refractivity contribution is 5.16. The normalized spacial score (nSPS) is 12.5. The number of hydrogen-bond donors (Lipinski definition) is 0. The molecule has 0 aliphatic carbocycles. The van der Waals surface area contributed by atoms with E-state index in [2.05, 4.69) is 5.10 Å². The zero-order chi connectivity index (χ0) is 14.5. The van der Waals surface area contributed by atoms with Gasteiger partial charge in [0.25, 0.3) is 0 Å². The van der Waals surface area contributed by atoms with E-state index in [1.807, 2.05) is 0 Å². The van der Waals surface area contributed by atoms with Gasteiger partial charge in [0.1, 0.15) is 12.0 Å². The fraction of sp³-hybridized carbons (Fsp3) is 0.455. The van der Waals surface area contributed by atoms with Crippen LogP contribution in [0.3, 0.4) is 0 Å². The first-order valence-electron chi connectivity index (χ1n) is 5.19. The van der Waals surface area contributed by atoms with Crippen molar-refractivity contribution in [1.29, 1.82) is 15.8 Å². The predicted molar refractivity (Wildman–Crippen MR) is 55.8 cm³/mol. The first-order chi connectivity index (χ1) is 8.89. The van der Waals surface area contributed by atoms with Gasteiger partial charge in [-0.05, 0) is 6.07 Å². The highest BCUT2D eigenvalue weighted by Crippen LogP contribution is 2.29. The van der Waals surface area contributed by atoms with Gasteiger partial charge in [0, 0.05) is 18.7 Å². The Morgan fingerprint density at radius 1 is 1.26 bits per heavy atom. The van der Waals surface area contributed by atoms with Gasteiger partial charge in [-0.1, -0.05) is 0 Å². The van der Waals surface area contributed by atoms with Crippen LogP contribution in [0, 0.1) is 45.8 Å². The molecule has 0 spiro atoms. The molecular weight excluding hydrogens is 259 g/mol. The minimum absolute atomic E-state index is 0.0659. The summed E-state index contributed by atoms with van der Waals surface area (Å²) in [6.45, 7) is -0.243. The minimum Gasteiger partial charge on any atom is -0.271 e. The molecule has 1 aromatic heterocycles. The highest BCUT2D eigenvalue weighted by Gasteiger charge is 2.36. The Labute approximate surface area is 107 Å². The molecule has 0 saturated heterocycles. The van der Waals surface area contributed by atoms with Crippen molar-refractivity contribution in [2.45, 2.75) is 19.1 Å². The standard InChI is InChI=1S/C11H8F3N5/c12-11(13,14)3-8(9(4-15)5-16)7-19-2-1-10(6-17)18-19/h1-2,8-9H,3,7H2. The van der Waals surface area contributed by atoms with Crippen molar-refractivity contribution in [2.24, 2.45) is 11.8 Å². The third-order valence-corrected chi connectivity index (χ3v) is 2.42. The van der Waals surface area contributed by atoms with Gasteiger partial charge in [0.15, 0.2) is 5.69 Å². The summed E-state index contributed by atoms with van der Waals surface area (Å²) in [6, 6.07) is 6.18. The number of rotatable bonds is 4. The fourth-order valence-corrected chi connectivity index (χ4v) is 1.59. The lowest BCUT2D eigenvalue weighted by atomic mass is 9.91. The van der Waals surface area contributed by atoms with E-state index in [0.717, 1.165) is 4.68 Å². The monoisotopic (exact) mass is 267 g/mol. The van der Waals surface area contributed by atoms with Crippen LogP contribution in [0.25, 0.3) is 0 Å². The average Bonchev–Trinajstić information content (AvgIpc) is 2.76. The van der Waals surface area contributed by atoms with Gasteiger partial charge < -0.3 is 0 Å². The zero-order valence-electron chi connectivity index (χ0n) is 9.59. The highest BCUT2D eigenvalue weighted by atomic mass is 19.4. The van der Waals surface area contributed by atoms with Gasteiger partial charge >= 0.3 is 6.18 Å². The summed E-state index contributed by atoms with van der Waals surface area (Å²) in [7, 11) is 0. The molecule has 0 aliphatic rings. The summed E-state index contributed by atoms with van der Waals surface area (Å²) < 4.78 is 38.4. The fourth-order valence-electron chi connectivity index (χ4n) is 1.59. The summed E-state index contributed by atoms with van der Waals surface area (Å²) in [5.41, 5.74) is 0.0659. The number of alkyl halides is 3. The Morgan fingerprint density at radius 3 is 2.32 bits per heavy atom. The van der Waals surface area contributed by atoms with Crippen LogP contribution in [-0.2, 0) is 6.54 Å². The first kappa shape index (κ1) is 14.5. The van der Waals surface area contributed by atoms with Crippen LogP contribution in [-0.4, -0.2) is 16.0 Å². The molecule has 0 saturated carbocycles. The molecule has 19 heavy (non-hydrogen) atoms. The van der Waals surface area contributed by atoms with Gasteiger partial charge in [0.05, 0.1) is 18.6 Å². The van der Waals surface area contributed by atoms with Crippen LogP contribution < -0.4 is 0 Å². The van der Waals surface area contributed by atoms with Crippen molar-refractivity contribution < 1.29 is 13.2 Å². The second kappa shape index (κ2) is 5.88. The maximum Gasteiger partial charge on any atom is 0.389 e. The third kappa shape index (κ3) is 4.33. The van der Waals surface area contributed by atoms with Crippen molar-refractivity contribution >= 4 is 0 Å². The largest absolute Gasteiger partial charge is 0.389 e. The lowest BCUT2D eigenvalue weighted by Gasteiger charge is -2.18. The van der Waals surface area contributed by atoms with E-state index >= 15 is 0 Å². The molecule has 0 amide bonds. The zero-order valence-corrected chi connectivity index (χ0v) is 9.59. The molecule has 0 fully saturated rings. The van der Waals surface area contributed by atoms with Crippen LogP contribution in [0.5, 0.6) is 0 Å². The van der Waals surface area contributed by atoms with E-state index in [0.29, 0.717) is 0 Å². The topological polar surface area (TPSA) is 89.2 Å². The Balaban J connectivity index is 2.89. The summed E-state index contributed by atoms with van der Waals surface area (Å²) in [5, 5.41) is 29.7. The third-order valence-electron chi connectivity index (χ3n) is 2.42. The lowest BCUT2D eigenvalue weighted by Crippen LogP contribution is -2.25. The van der Waals surface area contributed by atoms with Crippen LogP contribution >= 0.6 is 0 Å². The number of nitrogens with zero attached hydrogens (tertiary/aromatic N) is 5. The van der Waals surface area contributed by atoms with Crippen molar-refractivity contribution in [3.05, 3.63) is 18.0 Å². The maximum absolute atomic E-state index is 12.4. The molecule has 1 unspecified atom stereocenters. The van der Waals surface area contributed by atoms with Gasteiger partial charge in [0.2, 0.25) is 0 Å². The van der Waals surface area contributed by atoms with Crippen LogP contribution in [0.1, 0.15) is 12.1 Å². The quantitative estimate of drug-likeness (QED) is 0.834. The minimum atomic E-state index is -4.47. The second-order valence-corrected chi connectivity index (χ2v) is 3.85. The lowest BCUT2D eigenvalue weighted by molar-refractivity contribution is -0.147. The summed E-state index contributed by atoms with van der Waals surface area (Å²) in [4.78, 5) is 0. The summed E-state index contributed by atoms with van der Waals surface area (Å²) in [6.07, 6.45) is -4.38. The Kier molecular flexibility index (Phi) is 4.50. The Bertz CT molecular complexity index is 541. The van der Waals surface area contributed by atoms with E-state index in [4.69, 9.17) is 15.8 Å². The van der Waals surface area contributed by atoms with E-state index in [1.54, 1.807) is 18.2 Å². The molecule has 5 nitrogen and oxygen atoms in total. The van der Waals surface area contributed by atoms with E-state index < -0.39 is 24.4 Å². The summed E-state index contributed by atoms with van der Waals surface area (Å²) in [5.74, 6) is -2.60. The maximum atomic E-state index is 12.4. The molecule has 0 aliphatic heterocycles. The number of aromatic nitrogens is 2. The molecule has 1 heterocycles.